The average molecular weight is 582 g/mol. The summed E-state index contributed by atoms with van der Waals surface area (Å²) in [5.41, 5.74) is 1.10. The second kappa shape index (κ2) is 11.9. The Hall–Kier alpha value is -3.89. The van der Waals surface area contributed by atoms with Gasteiger partial charge in [0.15, 0.2) is 11.6 Å². The fourth-order valence-corrected chi connectivity index (χ4v) is 5.28. The van der Waals surface area contributed by atoms with Crippen molar-refractivity contribution in [3.8, 4) is 0 Å². The summed E-state index contributed by atoms with van der Waals surface area (Å²) in [5.74, 6) is -2.47. The van der Waals surface area contributed by atoms with E-state index >= 15 is 0 Å². The van der Waals surface area contributed by atoms with Crippen molar-refractivity contribution >= 4 is 29.1 Å². The van der Waals surface area contributed by atoms with Crippen LogP contribution in [-0.4, -0.2) is 44.0 Å². The van der Waals surface area contributed by atoms with Crippen LogP contribution >= 0.6 is 11.6 Å². The molecule has 0 radical (unpaired) electrons. The number of carbonyl (C=O) groups is 3. The molecule has 214 valence electrons. The minimum atomic E-state index is -0.694. The Bertz CT molecular complexity index is 1450. The standard InChI is InChI=1S/C17H13ClFN3O.C13H16O5/c18-15-4-2-1-3-14(15)16-17(23-16,9-22-11-20-10-21-22)12-5-7-13(19)8-6-12;1-2-18-13(17)8-5-9(14)11(10(15)6-8)12(16)7-3-4-7/h1-8,10-11,16H,9H2;7-8,16H,2-6H2,1H3. The topological polar surface area (TPSA) is 124 Å². The number of ether oxygens (including phenoxy) is 2. The van der Waals surface area contributed by atoms with Crippen LogP contribution in [0.5, 0.6) is 0 Å². The van der Waals surface area contributed by atoms with Gasteiger partial charge < -0.3 is 14.6 Å². The van der Waals surface area contributed by atoms with E-state index in [0.717, 1.165) is 24.0 Å². The van der Waals surface area contributed by atoms with Crippen LogP contribution in [0.25, 0.3) is 0 Å². The van der Waals surface area contributed by atoms with Crippen molar-refractivity contribution in [3.05, 3.63) is 94.5 Å². The SMILES string of the molecule is CCOC(=O)C1CC(=O)C(=C(O)C2CC2)C(=O)C1.Fc1ccc(C2(Cn3cncn3)OC2c2ccccc2Cl)cc1. The van der Waals surface area contributed by atoms with Crippen LogP contribution in [0.1, 0.15) is 49.8 Å². The molecule has 2 aliphatic carbocycles. The number of rotatable bonds is 7. The summed E-state index contributed by atoms with van der Waals surface area (Å²) in [6, 6.07) is 13.9. The molecule has 6 rings (SSSR count). The maximum Gasteiger partial charge on any atom is 0.309 e. The van der Waals surface area contributed by atoms with Gasteiger partial charge in [-0.25, -0.2) is 14.1 Å². The maximum atomic E-state index is 13.3. The van der Waals surface area contributed by atoms with Gasteiger partial charge in [-0.15, -0.1) is 0 Å². The lowest BCUT2D eigenvalue weighted by Gasteiger charge is -2.21. The molecular weight excluding hydrogens is 553 g/mol. The van der Waals surface area contributed by atoms with Crippen LogP contribution in [0, 0.1) is 17.7 Å². The maximum absolute atomic E-state index is 13.3. The molecule has 0 spiro atoms. The zero-order valence-electron chi connectivity index (χ0n) is 22.3. The molecule has 3 aromatic rings. The highest BCUT2D eigenvalue weighted by Gasteiger charge is 2.59. The molecule has 11 heteroatoms. The molecule has 2 atom stereocenters. The normalized spacial score (nSPS) is 23.4. The lowest BCUT2D eigenvalue weighted by Crippen LogP contribution is -2.32. The second-order valence-electron chi connectivity index (χ2n) is 10.2. The Morgan fingerprint density at radius 1 is 1.12 bits per heavy atom. The van der Waals surface area contributed by atoms with Crippen LogP contribution in [-0.2, 0) is 36.0 Å². The summed E-state index contributed by atoms with van der Waals surface area (Å²) in [6.07, 6.45) is 4.45. The Morgan fingerprint density at radius 3 is 2.39 bits per heavy atom. The van der Waals surface area contributed by atoms with Gasteiger partial charge in [0.05, 0.1) is 24.6 Å². The number of ketones is 2. The van der Waals surface area contributed by atoms with E-state index in [4.69, 9.17) is 21.1 Å². The Kier molecular flexibility index (Phi) is 8.32. The molecule has 2 saturated carbocycles. The zero-order chi connectivity index (χ0) is 29.1. The number of nitrogens with zero attached hydrogens (tertiary/aromatic N) is 3. The number of aliphatic hydroxyl groups is 1. The molecule has 1 saturated heterocycles. The van der Waals surface area contributed by atoms with Gasteiger partial charge in [-0.2, -0.15) is 5.10 Å². The van der Waals surface area contributed by atoms with E-state index < -0.39 is 29.1 Å². The number of benzene rings is 2. The van der Waals surface area contributed by atoms with E-state index in [0.29, 0.717) is 11.6 Å². The van der Waals surface area contributed by atoms with Crippen LogP contribution in [0.15, 0.2) is 72.5 Å². The Balaban J connectivity index is 0.000000170. The first-order chi connectivity index (χ1) is 19.7. The Labute approximate surface area is 240 Å². The van der Waals surface area contributed by atoms with E-state index in [1.807, 2.05) is 24.3 Å². The summed E-state index contributed by atoms with van der Waals surface area (Å²) in [4.78, 5) is 39.2. The monoisotopic (exact) mass is 581 g/mol. The number of Topliss-reactive ketones (excluding diaryl/α,β-unsaturated/α-hetero) is 2. The van der Waals surface area contributed by atoms with Crippen molar-refractivity contribution in [1.29, 1.82) is 0 Å². The van der Waals surface area contributed by atoms with Crippen molar-refractivity contribution in [2.24, 2.45) is 11.8 Å². The highest BCUT2D eigenvalue weighted by atomic mass is 35.5. The van der Waals surface area contributed by atoms with E-state index in [9.17, 15) is 23.9 Å². The highest BCUT2D eigenvalue weighted by Crippen LogP contribution is 2.59. The number of epoxide rings is 1. The van der Waals surface area contributed by atoms with Gasteiger partial charge in [-0.3, -0.25) is 14.4 Å². The van der Waals surface area contributed by atoms with Gasteiger partial charge in [-0.05, 0) is 43.5 Å². The summed E-state index contributed by atoms with van der Waals surface area (Å²) in [7, 11) is 0. The molecular formula is C30H29ClFN3O6. The predicted octanol–water partition coefficient (Wildman–Crippen LogP) is 5.06. The molecule has 0 amide bonds. The van der Waals surface area contributed by atoms with Gasteiger partial charge >= 0.3 is 5.97 Å². The summed E-state index contributed by atoms with van der Waals surface area (Å²) in [6.45, 7) is 2.39. The smallest absolute Gasteiger partial charge is 0.309 e. The largest absolute Gasteiger partial charge is 0.511 e. The molecule has 2 unspecified atom stereocenters. The number of allylic oxidation sites excluding steroid dienone is 2. The lowest BCUT2D eigenvalue weighted by molar-refractivity contribution is -0.151. The summed E-state index contributed by atoms with van der Waals surface area (Å²) < 4.78 is 25.9. The van der Waals surface area contributed by atoms with Crippen LogP contribution < -0.4 is 0 Å². The minimum Gasteiger partial charge on any atom is -0.511 e. The number of hydrogen-bond donors (Lipinski definition) is 1. The fourth-order valence-electron chi connectivity index (χ4n) is 5.05. The first kappa shape index (κ1) is 28.6. The number of aliphatic hydroxyl groups excluding tert-OH is 1. The van der Waals surface area contributed by atoms with E-state index in [2.05, 4.69) is 10.1 Å². The molecule has 0 bridgehead atoms. The molecule has 9 nitrogen and oxygen atoms in total. The predicted molar refractivity (Wildman–Crippen MR) is 145 cm³/mol. The number of aromatic nitrogens is 3. The van der Waals surface area contributed by atoms with E-state index in [1.54, 1.807) is 30.1 Å². The lowest BCUT2D eigenvalue weighted by atomic mass is 9.82. The zero-order valence-corrected chi connectivity index (χ0v) is 23.1. The highest BCUT2D eigenvalue weighted by molar-refractivity contribution is 6.31. The van der Waals surface area contributed by atoms with Crippen molar-refractivity contribution < 1.29 is 33.4 Å². The molecule has 1 aliphatic heterocycles. The third-order valence-electron chi connectivity index (χ3n) is 7.34. The van der Waals surface area contributed by atoms with Crippen molar-refractivity contribution in [1.82, 2.24) is 14.8 Å². The van der Waals surface area contributed by atoms with Crippen molar-refractivity contribution in [2.75, 3.05) is 6.61 Å². The molecule has 3 fully saturated rings. The molecule has 2 heterocycles. The molecule has 41 heavy (non-hydrogen) atoms. The van der Waals surface area contributed by atoms with Gasteiger partial charge in [-0.1, -0.05) is 41.9 Å². The van der Waals surface area contributed by atoms with Crippen LogP contribution in [0.2, 0.25) is 5.02 Å². The van der Waals surface area contributed by atoms with Crippen LogP contribution in [0.3, 0.4) is 0 Å². The van der Waals surface area contributed by atoms with Gasteiger partial charge in [0, 0.05) is 29.3 Å². The van der Waals surface area contributed by atoms with Crippen molar-refractivity contribution in [3.63, 3.8) is 0 Å². The first-order valence-corrected chi connectivity index (χ1v) is 13.8. The van der Waals surface area contributed by atoms with E-state index in [-0.39, 0.29) is 48.6 Å². The number of esters is 1. The third kappa shape index (κ3) is 6.23. The van der Waals surface area contributed by atoms with Crippen molar-refractivity contribution in [2.45, 2.75) is 50.9 Å². The molecule has 1 N–H and O–H groups in total. The number of halogens is 2. The summed E-state index contributed by atoms with van der Waals surface area (Å²) in [5, 5.41) is 14.6. The molecule has 1 aromatic heterocycles. The van der Waals surface area contributed by atoms with Crippen LogP contribution in [0.4, 0.5) is 4.39 Å². The van der Waals surface area contributed by atoms with Gasteiger partial charge in [0.25, 0.3) is 0 Å². The number of carbonyl (C=O) groups excluding carboxylic acids is 3. The number of hydrogen-bond acceptors (Lipinski definition) is 8. The van der Waals surface area contributed by atoms with Gasteiger partial charge in [0.1, 0.15) is 35.9 Å². The second-order valence-corrected chi connectivity index (χ2v) is 10.7. The van der Waals surface area contributed by atoms with Gasteiger partial charge in [0.2, 0.25) is 0 Å². The van der Waals surface area contributed by atoms with E-state index in [1.165, 1.54) is 18.5 Å². The first-order valence-electron chi connectivity index (χ1n) is 13.4. The third-order valence-corrected chi connectivity index (χ3v) is 7.68. The molecule has 3 aliphatic rings. The average Bonchev–Trinajstić information content (AvgIpc) is 3.86. The minimum absolute atomic E-state index is 0.0351. The summed E-state index contributed by atoms with van der Waals surface area (Å²) >= 11 is 6.31. The molecule has 2 aromatic carbocycles. The fraction of sp³-hybridized carbons (Fsp3) is 0.367. The quantitative estimate of drug-likeness (QED) is 0.135. The Morgan fingerprint density at radius 2 is 1.80 bits per heavy atom.